The second kappa shape index (κ2) is 7.28. The molecule has 0 radical (unpaired) electrons. The maximum atomic E-state index is 9.30. The first kappa shape index (κ1) is 15.7. The molecule has 0 aromatic carbocycles. The van der Waals surface area contributed by atoms with Crippen molar-refractivity contribution in [2.75, 3.05) is 23.7 Å². The maximum Gasteiger partial charge on any atom is 0.135 e. The molecule has 1 heterocycles. The number of nitrogens with zero attached hydrogens (tertiary/aromatic N) is 2. The maximum absolute atomic E-state index is 9.30. The lowest BCUT2D eigenvalue weighted by atomic mass is 10.2. The van der Waals surface area contributed by atoms with E-state index in [-0.39, 0.29) is 12.0 Å². The average Bonchev–Trinajstić information content (AvgIpc) is 2.33. The predicted molar refractivity (Wildman–Crippen MR) is 79.8 cm³/mol. The summed E-state index contributed by atoms with van der Waals surface area (Å²) in [5.41, 5.74) is 1.02. The molecule has 1 rings (SSSR count). The Morgan fingerprint density at radius 2 is 1.68 bits per heavy atom. The SMILES string of the molecule is CCNc1nc(C(C)C)nc(NCCC(C)O)c1C. The first-order valence-electron chi connectivity index (χ1n) is 7.00. The van der Waals surface area contributed by atoms with Gasteiger partial charge < -0.3 is 15.7 Å². The summed E-state index contributed by atoms with van der Waals surface area (Å²) in [7, 11) is 0. The van der Waals surface area contributed by atoms with E-state index in [1.165, 1.54) is 0 Å². The van der Waals surface area contributed by atoms with Gasteiger partial charge in [0.1, 0.15) is 17.5 Å². The lowest BCUT2D eigenvalue weighted by Crippen LogP contribution is -2.15. The minimum absolute atomic E-state index is 0.287. The van der Waals surface area contributed by atoms with Crippen molar-refractivity contribution in [1.82, 2.24) is 9.97 Å². The van der Waals surface area contributed by atoms with Crippen LogP contribution in [0.3, 0.4) is 0 Å². The quantitative estimate of drug-likeness (QED) is 0.707. The lowest BCUT2D eigenvalue weighted by molar-refractivity contribution is 0.188. The summed E-state index contributed by atoms with van der Waals surface area (Å²) in [5, 5.41) is 15.9. The van der Waals surface area contributed by atoms with Crippen molar-refractivity contribution < 1.29 is 5.11 Å². The predicted octanol–water partition coefficient (Wildman–Crippen LogP) is 2.52. The fourth-order valence-corrected chi connectivity index (χ4v) is 1.70. The van der Waals surface area contributed by atoms with E-state index in [9.17, 15) is 5.11 Å². The van der Waals surface area contributed by atoms with Gasteiger partial charge >= 0.3 is 0 Å². The summed E-state index contributed by atoms with van der Waals surface area (Å²) >= 11 is 0. The summed E-state index contributed by atoms with van der Waals surface area (Å²) in [5.74, 6) is 2.87. The highest BCUT2D eigenvalue weighted by Crippen LogP contribution is 2.23. The normalized spacial score (nSPS) is 12.6. The zero-order valence-electron chi connectivity index (χ0n) is 12.6. The molecule has 19 heavy (non-hydrogen) atoms. The van der Waals surface area contributed by atoms with E-state index < -0.39 is 0 Å². The zero-order chi connectivity index (χ0) is 14.4. The second-order valence-corrected chi connectivity index (χ2v) is 5.15. The number of aliphatic hydroxyl groups is 1. The molecule has 3 N–H and O–H groups in total. The Morgan fingerprint density at radius 3 is 2.16 bits per heavy atom. The standard InChI is InChI=1S/C14H26N4O/c1-6-15-13-11(5)14(16-8-7-10(4)19)18-12(17-13)9(2)3/h9-10,19H,6-8H2,1-5H3,(H2,15,16,17,18). The molecule has 0 bridgehead atoms. The number of nitrogens with one attached hydrogen (secondary N) is 2. The Hall–Kier alpha value is -1.36. The van der Waals surface area contributed by atoms with Crippen molar-refractivity contribution in [2.45, 2.75) is 53.1 Å². The first-order valence-corrected chi connectivity index (χ1v) is 7.00. The van der Waals surface area contributed by atoms with Crippen LogP contribution in [0.25, 0.3) is 0 Å². The van der Waals surface area contributed by atoms with Crippen LogP contribution in [0, 0.1) is 6.92 Å². The van der Waals surface area contributed by atoms with Crippen molar-refractivity contribution in [3.63, 3.8) is 0 Å². The molecule has 0 fully saturated rings. The fourth-order valence-electron chi connectivity index (χ4n) is 1.70. The highest BCUT2D eigenvalue weighted by molar-refractivity contribution is 5.57. The van der Waals surface area contributed by atoms with Gasteiger partial charge in [-0.15, -0.1) is 0 Å². The van der Waals surface area contributed by atoms with Crippen LogP contribution in [0.4, 0.5) is 11.6 Å². The molecule has 0 saturated heterocycles. The van der Waals surface area contributed by atoms with Crippen molar-refractivity contribution in [1.29, 1.82) is 0 Å². The number of aliphatic hydroxyl groups excluding tert-OH is 1. The van der Waals surface area contributed by atoms with Gasteiger partial charge in [-0.1, -0.05) is 13.8 Å². The highest BCUT2D eigenvalue weighted by Gasteiger charge is 2.12. The van der Waals surface area contributed by atoms with E-state index in [0.29, 0.717) is 13.0 Å². The number of anilines is 2. The summed E-state index contributed by atoms with van der Waals surface area (Å²) in [6.45, 7) is 11.6. The highest BCUT2D eigenvalue weighted by atomic mass is 16.3. The second-order valence-electron chi connectivity index (χ2n) is 5.15. The van der Waals surface area contributed by atoms with E-state index >= 15 is 0 Å². The van der Waals surface area contributed by atoms with Crippen molar-refractivity contribution in [2.24, 2.45) is 0 Å². The summed E-state index contributed by atoms with van der Waals surface area (Å²) in [4.78, 5) is 9.12. The van der Waals surface area contributed by atoms with Crippen LogP contribution >= 0.6 is 0 Å². The molecule has 5 nitrogen and oxygen atoms in total. The van der Waals surface area contributed by atoms with Crippen LogP contribution < -0.4 is 10.6 Å². The van der Waals surface area contributed by atoms with Gasteiger partial charge in [-0.3, -0.25) is 0 Å². The van der Waals surface area contributed by atoms with Crippen molar-refractivity contribution in [3.05, 3.63) is 11.4 Å². The third kappa shape index (κ3) is 4.67. The van der Waals surface area contributed by atoms with Gasteiger partial charge in [0.25, 0.3) is 0 Å². The molecule has 5 heteroatoms. The van der Waals surface area contributed by atoms with Gasteiger partial charge in [-0.25, -0.2) is 9.97 Å². The van der Waals surface area contributed by atoms with Gasteiger partial charge in [-0.05, 0) is 27.2 Å². The molecular weight excluding hydrogens is 240 g/mol. The van der Waals surface area contributed by atoms with E-state index in [4.69, 9.17) is 0 Å². The summed E-state index contributed by atoms with van der Waals surface area (Å²) < 4.78 is 0. The van der Waals surface area contributed by atoms with Gasteiger partial charge in [0.05, 0.1) is 6.10 Å². The van der Waals surface area contributed by atoms with Crippen molar-refractivity contribution >= 4 is 11.6 Å². The van der Waals surface area contributed by atoms with Crippen LogP contribution in [0.2, 0.25) is 0 Å². The van der Waals surface area contributed by atoms with E-state index in [2.05, 4.69) is 41.4 Å². The molecule has 0 aliphatic carbocycles. The summed E-state index contributed by atoms with van der Waals surface area (Å²) in [6.07, 6.45) is 0.407. The van der Waals surface area contributed by atoms with Crippen molar-refractivity contribution in [3.8, 4) is 0 Å². The molecule has 1 aromatic rings. The molecular formula is C14H26N4O. The molecule has 1 atom stereocenters. The van der Waals surface area contributed by atoms with Crippen LogP contribution in [-0.2, 0) is 0 Å². The zero-order valence-corrected chi connectivity index (χ0v) is 12.6. The Balaban J connectivity index is 2.93. The molecule has 1 unspecified atom stereocenters. The van der Waals surface area contributed by atoms with Gasteiger partial charge in [0.15, 0.2) is 0 Å². The Bertz CT molecular complexity index is 405. The molecule has 0 spiro atoms. The topological polar surface area (TPSA) is 70.1 Å². The summed E-state index contributed by atoms with van der Waals surface area (Å²) in [6, 6.07) is 0. The molecule has 1 aromatic heterocycles. The third-order valence-electron chi connectivity index (χ3n) is 2.88. The third-order valence-corrected chi connectivity index (χ3v) is 2.88. The van der Waals surface area contributed by atoms with Gasteiger partial charge in [0.2, 0.25) is 0 Å². The van der Waals surface area contributed by atoms with E-state index in [1.54, 1.807) is 6.92 Å². The van der Waals surface area contributed by atoms with Gasteiger partial charge in [0, 0.05) is 24.6 Å². The molecule has 108 valence electrons. The monoisotopic (exact) mass is 266 g/mol. The van der Waals surface area contributed by atoms with Gasteiger partial charge in [-0.2, -0.15) is 0 Å². The smallest absolute Gasteiger partial charge is 0.135 e. The molecule has 0 saturated carbocycles. The Morgan fingerprint density at radius 1 is 1.11 bits per heavy atom. The van der Waals surface area contributed by atoms with Crippen LogP contribution in [-0.4, -0.2) is 34.3 Å². The lowest BCUT2D eigenvalue weighted by Gasteiger charge is -2.16. The largest absolute Gasteiger partial charge is 0.393 e. The molecule has 0 amide bonds. The minimum Gasteiger partial charge on any atom is -0.393 e. The minimum atomic E-state index is -0.299. The average molecular weight is 266 g/mol. The Labute approximate surface area is 115 Å². The van der Waals surface area contributed by atoms with E-state index in [1.807, 2.05) is 6.92 Å². The fraction of sp³-hybridized carbons (Fsp3) is 0.714. The van der Waals surface area contributed by atoms with Crippen LogP contribution in [0.15, 0.2) is 0 Å². The molecule has 0 aliphatic heterocycles. The number of hydrogen-bond donors (Lipinski definition) is 3. The van der Waals surface area contributed by atoms with Crippen LogP contribution in [0.5, 0.6) is 0 Å². The van der Waals surface area contributed by atoms with E-state index in [0.717, 1.165) is 29.6 Å². The number of aromatic nitrogens is 2. The molecule has 0 aliphatic rings. The number of rotatable bonds is 7. The number of hydrogen-bond acceptors (Lipinski definition) is 5. The van der Waals surface area contributed by atoms with Crippen LogP contribution in [0.1, 0.15) is 51.4 Å². The Kier molecular flexibility index (Phi) is 6.02. The first-order chi connectivity index (χ1) is 8.95.